The molecule has 2 aromatic heterocycles. The first-order valence-corrected chi connectivity index (χ1v) is 8.59. The molecule has 1 N–H and O–H groups in total. The molecule has 2 heterocycles. The van der Waals surface area contributed by atoms with E-state index in [1.54, 1.807) is 40.0 Å². The quantitative estimate of drug-likeness (QED) is 0.677. The molecule has 8 heteroatoms. The lowest BCUT2D eigenvalue weighted by Gasteiger charge is -2.12. The number of carbonyl (C=O) groups excluding carboxylic acids is 2. The van der Waals surface area contributed by atoms with Gasteiger partial charge < -0.3 is 10.1 Å². The fourth-order valence-electron chi connectivity index (χ4n) is 2.65. The maximum atomic E-state index is 12.7. The van der Waals surface area contributed by atoms with Gasteiger partial charge in [-0.3, -0.25) is 9.48 Å². The predicted octanol–water partition coefficient (Wildman–Crippen LogP) is 2.83. The number of benzene rings is 1. The molecule has 140 valence electrons. The molecule has 8 nitrogen and oxygen atoms in total. The van der Waals surface area contributed by atoms with Crippen LogP contribution in [-0.2, 0) is 11.3 Å². The van der Waals surface area contributed by atoms with Gasteiger partial charge in [0, 0.05) is 18.9 Å². The minimum absolute atomic E-state index is 0.315. The second kappa shape index (κ2) is 7.86. The van der Waals surface area contributed by atoms with Gasteiger partial charge in [0.25, 0.3) is 5.91 Å². The zero-order valence-electron chi connectivity index (χ0n) is 15.5. The number of rotatable bonds is 6. The van der Waals surface area contributed by atoms with E-state index in [9.17, 15) is 9.59 Å². The van der Waals surface area contributed by atoms with Gasteiger partial charge >= 0.3 is 5.97 Å². The largest absolute Gasteiger partial charge is 0.465 e. The number of anilines is 1. The molecule has 0 aliphatic rings. The number of nitrogens with zero attached hydrogens (tertiary/aromatic N) is 4. The molecule has 0 atom stereocenters. The molecule has 0 spiro atoms. The summed E-state index contributed by atoms with van der Waals surface area (Å²) in [6.45, 7) is 4.70. The van der Waals surface area contributed by atoms with Gasteiger partial charge in [-0.25, -0.2) is 9.48 Å². The average Bonchev–Trinajstić information content (AvgIpc) is 3.30. The third-order valence-electron chi connectivity index (χ3n) is 3.97. The van der Waals surface area contributed by atoms with Crippen molar-refractivity contribution in [1.82, 2.24) is 19.6 Å². The van der Waals surface area contributed by atoms with Crippen LogP contribution in [0.1, 0.15) is 39.6 Å². The molecule has 0 saturated carbocycles. The number of amides is 1. The van der Waals surface area contributed by atoms with E-state index in [1.165, 1.54) is 13.3 Å². The number of aryl methyl sites for hydroxylation is 2. The Balaban J connectivity index is 1.95. The summed E-state index contributed by atoms with van der Waals surface area (Å²) in [5.74, 6) is -0.797. The molecule has 0 bridgehead atoms. The van der Waals surface area contributed by atoms with Crippen molar-refractivity contribution >= 4 is 17.6 Å². The molecule has 3 aromatic rings. The summed E-state index contributed by atoms with van der Waals surface area (Å²) in [5.41, 5.74) is 2.85. The van der Waals surface area contributed by atoms with Gasteiger partial charge in [0.05, 0.1) is 42.0 Å². The molecule has 0 unspecified atom stereocenters. The smallest absolute Gasteiger partial charge is 0.337 e. The number of esters is 1. The molecule has 0 fully saturated rings. The van der Waals surface area contributed by atoms with E-state index >= 15 is 0 Å². The van der Waals surface area contributed by atoms with Crippen molar-refractivity contribution in [3.63, 3.8) is 0 Å². The molecule has 1 amide bonds. The minimum Gasteiger partial charge on any atom is -0.465 e. The molecular weight excluding hydrogens is 346 g/mol. The monoisotopic (exact) mass is 367 g/mol. The molecule has 1 aromatic carbocycles. The van der Waals surface area contributed by atoms with E-state index in [2.05, 4.69) is 15.5 Å². The highest BCUT2D eigenvalue weighted by Crippen LogP contribution is 2.23. The van der Waals surface area contributed by atoms with E-state index in [0.717, 1.165) is 18.5 Å². The first-order valence-electron chi connectivity index (χ1n) is 8.59. The van der Waals surface area contributed by atoms with Gasteiger partial charge in [-0.1, -0.05) is 6.92 Å². The molecule has 0 aliphatic carbocycles. The Hall–Kier alpha value is -3.42. The second-order valence-corrected chi connectivity index (χ2v) is 6.13. The average molecular weight is 367 g/mol. The van der Waals surface area contributed by atoms with E-state index in [1.807, 2.05) is 20.0 Å². The minimum atomic E-state index is -0.482. The van der Waals surface area contributed by atoms with Crippen molar-refractivity contribution in [3.05, 3.63) is 59.7 Å². The number of carbonyl (C=O) groups is 2. The van der Waals surface area contributed by atoms with Crippen LogP contribution >= 0.6 is 0 Å². The van der Waals surface area contributed by atoms with Crippen LogP contribution in [-0.4, -0.2) is 38.5 Å². The van der Waals surface area contributed by atoms with Gasteiger partial charge in [-0.15, -0.1) is 0 Å². The number of ether oxygens (including phenoxy) is 1. The van der Waals surface area contributed by atoms with Gasteiger partial charge in [0.1, 0.15) is 0 Å². The number of methoxy groups -OCH3 is 1. The summed E-state index contributed by atoms with van der Waals surface area (Å²) in [6, 6.07) is 4.93. The van der Waals surface area contributed by atoms with Crippen LogP contribution in [0.3, 0.4) is 0 Å². The van der Waals surface area contributed by atoms with Crippen LogP contribution in [0.5, 0.6) is 0 Å². The molecule has 27 heavy (non-hydrogen) atoms. The fourth-order valence-corrected chi connectivity index (χ4v) is 2.65. The zero-order valence-corrected chi connectivity index (χ0v) is 15.5. The molecular formula is C19H21N5O3. The highest BCUT2D eigenvalue weighted by molar-refractivity contribution is 6.05. The van der Waals surface area contributed by atoms with Gasteiger partial charge in [-0.05, 0) is 37.1 Å². The predicted molar refractivity (Wildman–Crippen MR) is 100 cm³/mol. The number of hydrogen-bond donors (Lipinski definition) is 1. The molecule has 0 aliphatic heterocycles. The van der Waals surface area contributed by atoms with Crippen molar-refractivity contribution in [2.24, 2.45) is 0 Å². The Morgan fingerprint density at radius 2 is 1.96 bits per heavy atom. The second-order valence-electron chi connectivity index (χ2n) is 6.13. The third-order valence-corrected chi connectivity index (χ3v) is 3.97. The van der Waals surface area contributed by atoms with Crippen molar-refractivity contribution in [3.8, 4) is 5.69 Å². The highest BCUT2D eigenvalue weighted by Gasteiger charge is 2.16. The third kappa shape index (κ3) is 4.05. The van der Waals surface area contributed by atoms with Crippen LogP contribution in [0.2, 0.25) is 0 Å². The Labute approximate surface area is 156 Å². The van der Waals surface area contributed by atoms with Gasteiger partial charge in [0.15, 0.2) is 0 Å². The topological polar surface area (TPSA) is 91.0 Å². The summed E-state index contributed by atoms with van der Waals surface area (Å²) in [5, 5.41) is 11.3. The first kappa shape index (κ1) is 18.4. The maximum absolute atomic E-state index is 12.7. The van der Waals surface area contributed by atoms with Crippen LogP contribution in [0.15, 0.2) is 43.0 Å². The highest BCUT2D eigenvalue weighted by atomic mass is 16.5. The van der Waals surface area contributed by atoms with Crippen molar-refractivity contribution in [2.75, 3.05) is 12.4 Å². The van der Waals surface area contributed by atoms with Gasteiger partial charge in [0.2, 0.25) is 0 Å². The van der Waals surface area contributed by atoms with E-state index < -0.39 is 5.97 Å². The van der Waals surface area contributed by atoms with Crippen molar-refractivity contribution < 1.29 is 14.3 Å². The molecule has 0 saturated heterocycles. The van der Waals surface area contributed by atoms with Crippen LogP contribution in [0.4, 0.5) is 5.69 Å². The molecule has 3 rings (SSSR count). The van der Waals surface area contributed by atoms with Gasteiger partial charge in [-0.2, -0.15) is 10.2 Å². The first-order chi connectivity index (χ1) is 13.0. The summed E-state index contributed by atoms with van der Waals surface area (Å²) >= 11 is 0. The fraction of sp³-hybridized carbons (Fsp3) is 0.263. The van der Waals surface area contributed by atoms with Crippen LogP contribution in [0.25, 0.3) is 5.69 Å². The summed E-state index contributed by atoms with van der Waals surface area (Å²) in [7, 11) is 1.31. The Morgan fingerprint density at radius 3 is 2.63 bits per heavy atom. The summed E-state index contributed by atoms with van der Waals surface area (Å²) in [4.78, 5) is 24.5. The van der Waals surface area contributed by atoms with E-state index in [4.69, 9.17) is 4.74 Å². The summed E-state index contributed by atoms with van der Waals surface area (Å²) < 4.78 is 8.14. The molecule has 0 radical (unpaired) electrons. The Morgan fingerprint density at radius 1 is 1.15 bits per heavy atom. The number of aromatic nitrogens is 4. The lowest BCUT2D eigenvalue weighted by atomic mass is 10.1. The number of hydrogen-bond acceptors (Lipinski definition) is 5. The standard InChI is InChI=1S/C19H21N5O3/c1-4-7-23-12-15(10-20-23)18(25)22-16-8-14(19(26)27-3)5-6-17(16)24-11-13(2)9-21-24/h5-6,8-12H,4,7H2,1-3H3,(H,22,25). The van der Waals surface area contributed by atoms with E-state index in [0.29, 0.717) is 22.5 Å². The zero-order chi connectivity index (χ0) is 19.4. The lowest BCUT2D eigenvalue weighted by Crippen LogP contribution is -2.14. The Bertz CT molecular complexity index is 973. The summed E-state index contributed by atoms with van der Waals surface area (Å²) in [6.07, 6.45) is 7.69. The lowest BCUT2D eigenvalue weighted by molar-refractivity contribution is 0.0600. The van der Waals surface area contributed by atoms with Crippen LogP contribution < -0.4 is 5.32 Å². The SMILES string of the molecule is CCCn1cc(C(=O)Nc2cc(C(=O)OC)ccc2-n2cc(C)cn2)cn1. The van der Waals surface area contributed by atoms with Crippen molar-refractivity contribution in [2.45, 2.75) is 26.8 Å². The normalized spacial score (nSPS) is 10.6. The maximum Gasteiger partial charge on any atom is 0.337 e. The van der Waals surface area contributed by atoms with Crippen LogP contribution in [0, 0.1) is 6.92 Å². The number of nitrogens with one attached hydrogen (secondary N) is 1. The Kier molecular flexibility index (Phi) is 5.35. The van der Waals surface area contributed by atoms with Crippen molar-refractivity contribution in [1.29, 1.82) is 0 Å². The van der Waals surface area contributed by atoms with E-state index in [-0.39, 0.29) is 5.91 Å².